The van der Waals surface area contributed by atoms with Crippen molar-refractivity contribution in [3.63, 3.8) is 0 Å². The molecule has 30 heavy (non-hydrogen) atoms. The highest BCUT2D eigenvalue weighted by Gasteiger charge is 2.31. The number of hydrogen-bond acceptors (Lipinski definition) is 5. The van der Waals surface area contributed by atoms with Crippen LogP contribution in [0.5, 0.6) is 5.75 Å². The number of ether oxygens (including phenoxy) is 1. The molecule has 0 spiro atoms. The first-order valence-electron chi connectivity index (χ1n) is 10.00. The van der Waals surface area contributed by atoms with Crippen LogP contribution in [-0.2, 0) is 6.18 Å². The smallest absolute Gasteiger partial charge is 0.416 e. The molecule has 8 heteroatoms. The lowest BCUT2D eigenvalue weighted by molar-refractivity contribution is -0.137. The van der Waals surface area contributed by atoms with Gasteiger partial charge in [0, 0.05) is 44.1 Å². The lowest BCUT2D eigenvalue weighted by atomic mass is 10.0. The first kappa shape index (κ1) is 22.5. The van der Waals surface area contributed by atoms with E-state index < -0.39 is 17.8 Å². The molecule has 0 radical (unpaired) electrons. The molecule has 164 valence electrons. The van der Waals surface area contributed by atoms with Gasteiger partial charge in [0.2, 0.25) is 0 Å². The minimum Gasteiger partial charge on any atom is -0.491 e. The van der Waals surface area contributed by atoms with Crippen LogP contribution >= 0.6 is 0 Å². The number of aromatic nitrogens is 1. The van der Waals surface area contributed by atoms with Crippen molar-refractivity contribution in [1.82, 2.24) is 14.8 Å². The molecule has 5 nitrogen and oxygen atoms in total. The zero-order valence-electron chi connectivity index (χ0n) is 17.5. The second-order valence-corrected chi connectivity index (χ2v) is 7.95. The van der Waals surface area contributed by atoms with Gasteiger partial charge in [-0.3, -0.25) is 9.88 Å². The average Bonchev–Trinajstić information content (AvgIpc) is 2.66. The van der Waals surface area contributed by atoms with Crippen molar-refractivity contribution in [3.05, 3.63) is 47.3 Å². The zero-order chi connectivity index (χ0) is 21.9. The molecule has 1 aromatic heterocycles. The number of aliphatic hydroxyl groups is 1. The minimum absolute atomic E-state index is 0.0680. The van der Waals surface area contributed by atoms with E-state index in [0.717, 1.165) is 49.7 Å². The van der Waals surface area contributed by atoms with Gasteiger partial charge < -0.3 is 14.7 Å². The Bertz CT molecular complexity index is 845. The number of nitrogens with zero attached hydrogens (tertiary/aromatic N) is 3. The molecule has 2 aromatic rings. The SMILES string of the molecule is Cc1cc(-c2cc(OCC(O)CN3CCN(C)CC3)cc(C(F)(F)F)c2)cc(C)n1. The van der Waals surface area contributed by atoms with Crippen molar-refractivity contribution < 1.29 is 23.0 Å². The van der Waals surface area contributed by atoms with Crippen LogP contribution in [0.1, 0.15) is 17.0 Å². The monoisotopic (exact) mass is 423 g/mol. The van der Waals surface area contributed by atoms with Gasteiger partial charge in [-0.05, 0) is 62.4 Å². The van der Waals surface area contributed by atoms with Crippen LogP contribution in [0, 0.1) is 13.8 Å². The van der Waals surface area contributed by atoms with Crippen LogP contribution < -0.4 is 4.74 Å². The summed E-state index contributed by atoms with van der Waals surface area (Å²) in [5.74, 6) is 0.0874. The molecule has 1 aromatic carbocycles. The number of benzene rings is 1. The third-order valence-corrected chi connectivity index (χ3v) is 5.16. The van der Waals surface area contributed by atoms with E-state index in [2.05, 4.69) is 14.8 Å². The Morgan fingerprint density at radius 3 is 2.20 bits per heavy atom. The van der Waals surface area contributed by atoms with Gasteiger partial charge in [-0.2, -0.15) is 13.2 Å². The highest BCUT2D eigenvalue weighted by molar-refractivity contribution is 5.67. The number of aryl methyl sites for hydroxylation is 2. The number of rotatable bonds is 6. The molecule has 3 rings (SSSR count). The van der Waals surface area contributed by atoms with E-state index in [1.807, 2.05) is 7.05 Å². The van der Waals surface area contributed by atoms with Gasteiger partial charge in [0.25, 0.3) is 0 Å². The molecule has 1 unspecified atom stereocenters. The highest BCUT2D eigenvalue weighted by atomic mass is 19.4. The summed E-state index contributed by atoms with van der Waals surface area (Å²) < 4.78 is 45.9. The lowest BCUT2D eigenvalue weighted by Crippen LogP contribution is -2.47. The van der Waals surface area contributed by atoms with Gasteiger partial charge >= 0.3 is 6.18 Å². The maximum absolute atomic E-state index is 13.4. The summed E-state index contributed by atoms with van der Waals surface area (Å²) >= 11 is 0. The van der Waals surface area contributed by atoms with E-state index in [1.165, 1.54) is 0 Å². The number of halogens is 3. The third kappa shape index (κ3) is 6.17. The van der Waals surface area contributed by atoms with Crippen molar-refractivity contribution >= 4 is 0 Å². The van der Waals surface area contributed by atoms with Crippen molar-refractivity contribution in [3.8, 4) is 16.9 Å². The maximum atomic E-state index is 13.4. The van der Waals surface area contributed by atoms with Crippen LogP contribution in [0.3, 0.4) is 0 Å². The number of hydrogen-bond donors (Lipinski definition) is 1. The fourth-order valence-electron chi connectivity index (χ4n) is 3.59. The molecule has 1 aliphatic heterocycles. The topological polar surface area (TPSA) is 48.8 Å². The normalized spacial score (nSPS) is 17.2. The van der Waals surface area contributed by atoms with Gasteiger partial charge in [-0.15, -0.1) is 0 Å². The number of likely N-dealkylation sites (N-methyl/N-ethyl adjacent to an activating group) is 1. The Kier molecular flexibility index (Phi) is 7.00. The largest absolute Gasteiger partial charge is 0.491 e. The van der Waals surface area contributed by atoms with Crippen LogP contribution in [0.25, 0.3) is 11.1 Å². The Hall–Kier alpha value is -2.16. The lowest BCUT2D eigenvalue weighted by Gasteiger charge is -2.33. The van der Waals surface area contributed by atoms with E-state index in [9.17, 15) is 18.3 Å². The molecule has 0 aliphatic carbocycles. The van der Waals surface area contributed by atoms with Crippen molar-refractivity contribution in [2.24, 2.45) is 0 Å². The van der Waals surface area contributed by atoms with Gasteiger partial charge in [0.05, 0.1) is 5.56 Å². The van der Waals surface area contributed by atoms with Crippen LogP contribution in [0.15, 0.2) is 30.3 Å². The van der Waals surface area contributed by atoms with E-state index >= 15 is 0 Å². The predicted octanol–water partition coefficient (Wildman–Crippen LogP) is 3.37. The Labute approximate surface area is 175 Å². The molecular weight excluding hydrogens is 395 g/mol. The summed E-state index contributed by atoms with van der Waals surface area (Å²) in [4.78, 5) is 8.63. The maximum Gasteiger partial charge on any atom is 0.416 e. The standard InChI is InChI=1S/C22H28F3N3O2/c1-15-8-17(9-16(2)26-15)18-10-19(22(23,24)25)12-21(11-18)30-14-20(29)13-28-6-4-27(3)5-7-28/h8-12,20,29H,4-7,13-14H2,1-3H3. The van der Waals surface area contributed by atoms with Crippen molar-refractivity contribution in [2.75, 3.05) is 46.4 Å². The Morgan fingerprint density at radius 1 is 1.00 bits per heavy atom. The quantitative estimate of drug-likeness (QED) is 0.772. The summed E-state index contributed by atoms with van der Waals surface area (Å²) in [6, 6.07) is 7.16. The van der Waals surface area contributed by atoms with Crippen LogP contribution in [0.2, 0.25) is 0 Å². The summed E-state index contributed by atoms with van der Waals surface area (Å²) in [5.41, 5.74) is 1.73. The molecule has 1 N–H and O–H groups in total. The summed E-state index contributed by atoms with van der Waals surface area (Å²) in [6.07, 6.45) is -5.28. The Balaban J connectivity index is 1.75. The fraction of sp³-hybridized carbons (Fsp3) is 0.500. The van der Waals surface area contributed by atoms with Gasteiger partial charge in [0.1, 0.15) is 18.5 Å². The number of piperazine rings is 1. The Morgan fingerprint density at radius 2 is 1.60 bits per heavy atom. The van der Waals surface area contributed by atoms with E-state index in [1.54, 1.807) is 32.0 Å². The summed E-state index contributed by atoms with van der Waals surface area (Å²) in [6.45, 7) is 7.52. The summed E-state index contributed by atoms with van der Waals surface area (Å²) in [5, 5.41) is 10.3. The van der Waals surface area contributed by atoms with E-state index in [-0.39, 0.29) is 12.4 Å². The molecule has 1 fully saturated rings. The molecule has 0 saturated carbocycles. The second-order valence-electron chi connectivity index (χ2n) is 7.95. The molecule has 2 heterocycles. The predicted molar refractivity (Wildman–Crippen MR) is 110 cm³/mol. The average molecular weight is 423 g/mol. The molecule has 0 bridgehead atoms. The molecule has 1 saturated heterocycles. The highest BCUT2D eigenvalue weighted by Crippen LogP contribution is 2.36. The van der Waals surface area contributed by atoms with Crippen molar-refractivity contribution in [1.29, 1.82) is 0 Å². The van der Waals surface area contributed by atoms with Gasteiger partial charge in [-0.1, -0.05) is 0 Å². The van der Waals surface area contributed by atoms with Gasteiger partial charge in [0.15, 0.2) is 0 Å². The number of pyridine rings is 1. The van der Waals surface area contributed by atoms with Gasteiger partial charge in [-0.25, -0.2) is 0 Å². The summed E-state index contributed by atoms with van der Waals surface area (Å²) in [7, 11) is 2.05. The van der Waals surface area contributed by atoms with Crippen LogP contribution in [-0.4, -0.2) is 72.4 Å². The van der Waals surface area contributed by atoms with E-state index in [0.29, 0.717) is 17.7 Å². The molecule has 0 amide bonds. The van der Waals surface area contributed by atoms with Crippen molar-refractivity contribution in [2.45, 2.75) is 26.1 Å². The number of β-amino-alcohol motifs (C(OH)–C–C–N with tert-alkyl or cyclic N) is 1. The minimum atomic E-state index is -4.50. The molecular formula is C22H28F3N3O2. The van der Waals surface area contributed by atoms with Crippen LogP contribution in [0.4, 0.5) is 13.2 Å². The molecule has 1 aliphatic rings. The zero-order valence-corrected chi connectivity index (χ0v) is 17.5. The first-order chi connectivity index (χ1) is 14.1. The van der Waals surface area contributed by atoms with E-state index in [4.69, 9.17) is 4.74 Å². The molecule has 1 atom stereocenters. The third-order valence-electron chi connectivity index (χ3n) is 5.16. The number of aliphatic hydroxyl groups excluding tert-OH is 1. The second kappa shape index (κ2) is 9.32. The first-order valence-corrected chi connectivity index (χ1v) is 10.00. The fourth-order valence-corrected chi connectivity index (χ4v) is 3.59. The number of alkyl halides is 3.